The number of rotatable bonds is 9. The van der Waals surface area contributed by atoms with Gasteiger partial charge in [0.25, 0.3) is 0 Å². The summed E-state index contributed by atoms with van der Waals surface area (Å²) in [5, 5.41) is 6.26. The van der Waals surface area contributed by atoms with Gasteiger partial charge in [-0.3, -0.25) is 0 Å². The number of nitrogens with two attached hydrogens (primary N) is 1. The number of anilines is 2. The van der Waals surface area contributed by atoms with E-state index in [0.29, 0.717) is 35.7 Å². The fourth-order valence-electron chi connectivity index (χ4n) is 4.12. The van der Waals surface area contributed by atoms with E-state index < -0.39 is 10.0 Å². The van der Waals surface area contributed by atoms with E-state index in [9.17, 15) is 8.42 Å². The SMILES string of the molecule is CCNc1nc(NCC)nc(C(N)C2CCC(N(C)S(=O)(=O)c3ccc(C)cc3)CC2)n1. The van der Waals surface area contributed by atoms with E-state index in [1.807, 2.05) is 32.9 Å². The maximum absolute atomic E-state index is 13.0. The molecular weight excluding hydrogens is 426 g/mol. The summed E-state index contributed by atoms with van der Waals surface area (Å²) >= 11 is 0. The lowest BCUT2D eigenvalue weighted by Gasteiger charge is -2.35. The number of hydrogen-bond donors (Lipinski definition) is 3. The second-order valence-corrected chi connectivity index (χ2v) is 10.3. The third-order valence-corrected chi connectivity index (χ3v) is 8.01. The second-order valence-electron chi connectivity index (χ2n) is 8.33. The molecule has 1 aromatic carbocycles. The van der Waals surface area contributed by atoms with Crippen LogP contribution in [0, 0.1) is 12.8 Å². The third-order valence-electron chi connectivity index (χ3n) is 6.08. The van der Waals surface area contributed by atoms with Crippen molar-refractivity contribution in [3.05, 3.63) is 35.7 Å². The Morgan fingerprint density at radius 3 is 2.03 bits per heavy atom. The van der Waals surface area contributed by atoms with Crippen LogP contribution in [0.1, 0.15) is 57.0 Å². The van der Waals surface area contributed by atoms with E-state index in [-0.39, 0.29) is 18.0 Å². The normalized spacial score (nSPS) is 20.2. The molecule has 2 aromatic rings. The summed E-state index contributed by atoms with van der Waals surface area (Å²) < 4.78 is 27.6. The molecular formula is C22H35N7O2S. The van der Waals surface area contributed by atoms with E-state index in [2.05, 4.69) is 25.6 Å². The Balaban J connectivity index is 1.68. The quantitative estimate of drug-likeness (QED) is 0.520. The van der Waals surface area contributed by atoms with Gasteiger partial charge in [0.1, 0.15) is 0 Å². The van der Waals surface area contributed by atoms with E-state index >= 15 is 0 Å². The van der Waals surface area contributed by atoms with Crippen molar-refractivity contribution in [2.24, 2.45) is 11.7 Å². The van der Waals surface area contributed by atoms with Gasteiger partial charge in [0, 0.05) is 26.2 Å². The van der Waals surface area contributed by atoms with Gasteiger partial charge in [-0.1, -0.05) is 17.7 Å². The van der Waals surface area contributed by atoms with Gasteiger partial charge >= 0.3 is 0 Å². The van der Waals surface area contributed by atoms with Crippen LogP contribution < -0.4 is 16.4 Å². The fourth-order valence-corrected chi connectivity index (χ4v) is 5.54. The molecule has 1 unspecified atom stereocenters. The zero-order chi connectivity index (χ0) is 23.3. The molecule has 10 heteroatoms. The van der Waals surface area contributed by atoms with Crippen LogP contribution in [-0.4, -0.2) is 53.9 Å². The molecule has 0 bridgehead atoms. The zero-order valence-corrected chi connectivity index (χ0v) is 20.2. The topological polar surface area (TPSA) is 126 Å². The molecule has 1 saturated carbocycles. The number of aryl methyl sites for hydroxylation is 1. The minimum absolute atomic E-state index is 0.0438. The maximum Gasteiger partial charge on any atom is 0.243 e. The van der Waals surface area contributed by atoms with Crippen LogP contribution in [0.5, 0.6) is 0 Å². The van der Waals surface area contributed by atoms with E-state index in [1.54, 1.807) is 19.2 Å². The maximum atomic E-state index is 13.0. The van der Waals surface area contributed by atoms with Gasteiger partial charge in [-0.05, 0) is 64.5 Å². The molecule has 1 aromatic heterocycles. The summed E-state index contributed by atoms with van der Waals surface area (Å²) in [6.45, 7) is 7.32. The van der Waals surface area contributed by atoms with Crippen molar-refractivity contribution in [2.45, 2.75) is 63.4 Å². The number of benzene rings is 1. The summed E-state index contributed by atoms with van der Waals surface area (Å²) in [5.74, 6) is 1.78. The van der Waals surface area contributed by atoms with Gasteiger partial charge in [-0.15, -0.1) is 0 Å². The monoisotopic (exact) mass is 461 g/mol. The highest BCUT2D eigenvalue weighted by Crippen LogP contribution is 2.35. The van der Waals surface area contributed by atoms with Crippen LogP contribution in [0.25, 0.3) is 0 Å². The number of hydrogen-bond acceptors (Lipinski definition) is 8. The smallest absolute Gasteiger partial charge is 0.243 e. The number of aromatic nitrogens is 3. The summed E-state index contributed by atoms with van der Waals surface area (Å²) in [4.78, 5) is 13.7. The number of nitrogens with zero attached hydrogens (tertiary/aromatic N) is 4. The Kier molecular flexibility index (Phi) is 8.02. The molecule has 0 radical (unpaired) electrons. The Bertz CT molecular complexity index is 966. The van der Waals surface area contributed by atoms with Crippen molar-refractivity contribution in [1.82, 2.24) is 19.3 Å². The minimum Gasteiger partial charge on any atom is -0.354 e. The van der Waals surface area contributed by atoms with Crippen molar-refractivity contribution in [1.29, 1.82) is 0 Å². The largest absolute Gasteiger partial charge is 0.354 e. The average Bonchev–Trinajstić information content (AvgIpc) is 2.79. The minimum atomic E-state index is -3.52. The first-order chi connectivity index (χ1) is 15.3. The molecule has 0 spiro atoms. The van der Waals surface area contributed by atoms with Gasteiger partial charge < -0.3 is 16.4 Å². The summed E-state index contributed by atoms with van der Waals surface area (Å²) in [5.41, 5.74) is 7.61. The van der Waals surface area contributed by atoms with Crippen LogP contribution in [0.3, 0.4) is 0 Å². The zero-order valence-electron chi connectivity index (χ0n) is 19.4. The summed E-state index contributed by atoms with van der Waals surface area (Å²) in [6.07, 6.45) is 3.15. The van der Waals surface area contributed by atoms with Crippen LogP contribution in [0.2, 0.25) is 0 Å². The lowest BCUT2D eigenvalue weighted by atomic mass is 9.81. The summed E-state index contributed by atoms with van der Waals surface area (Å²) in [7, 11) is -1.84. The third kappa shape index (κ3) is 5.54. The van der Waals surface area contributed by atoms with Gasteiger partial charge in [-0.2, -0.15) is 19.3 Å². The first kappa shape index (κ1) is 24.3. The van der Waals surface area contributed by atoms with Gasteiger partial charge in [0.05, 0.1) is 10.9 Å². The number of nitrogens with one attached hydrogen (secondary N) is 2. The Morgan fingerprint density at radius 1 is 1.00 bits per heavy atom. The van der Waals surface area contributed by atoms with Crippen LogP contribution in [0.4, 0.5) is 11.9 Å². The summed E-state index contributed by atoms with van der Waals surface area (Å²) in [6, 6.07) is 6.63. The first-order valence-electron chi connectivity index (χ1n) is 11.3. The van der Waals surface area contributed by atoms with Crippen LogP contribution in [0.15, 0.2) is 29.2 Å². The molecule has 4 N–H and O–H groups in total. The highest BCUT2D eigenvalue weighted by molar-refractivity contribution is 7.89. The van der Waals surface area contributed by atoms with Gasteiger partial charge in [0.2, 0.25) is 21.9 Å². The van der Waals surface area contributed by atoms with E-state index in [0.717, 1.165) is 31.2 Å². The lowest BCUT2D eigenvalue weighted by molar-refractivity contribution is 0.213. The van der Waals surface area contributed by atoms with Crippen LogP contribution >= 0.6 is 0 Å². The van der Waals surface area contributed by atoms with E-state index in [4.69, 9.17) is 5.73 Å². The molecule has 3 rings (SSSR count). The molecule has 1 aliphatic rings. The highest BCUT2D eigenvalue weighted by Gasteiger charge is 2.34. The van der Waals surface area contributed by atoms with Crippen molar-refractivity contribution in [3.63, 3.8) is 0 Å². The molecule has 1 fully saturated rings. The molecule has 0 amide bonds. The highest BCUT2D eigenvalue weighted by atomic mass is 32.2. The van der Waals surface area contributed by atoms with Gasteiger partial charge in [-0.25, -0.2) is 8.42 Å². The second kappa shape index (κ2) is 10.5. The Hall–Kier alpha value is -2.30. The Labute approximate surface area is 191 Å². The molecule has 0 aliphatic heterocycles. The number of sulfonamides is 1. The van der Waals surface area contributed by atoms with Gasteiger partial charge in [0.15, 0.2) is 5.82 Å². The predicted molar refractivity (Wildman–Crippen MR) is 127 cm³/mol. The molecule has 176 valence electrons. The van der Waals surface area contributed by atoms with Crippen molar-refractivity contribution >= 4 is 21.9 Å². The van der Waals surface area contributed by atoms with Crippen molar-refractivity contribution in [2.75, 3.05) is 30.8 Å². The molecule has 1 atom stereocenters. The Morgan fingerprint density at radius 2 is 1.53 bits per heavy atom. The van der Waals surface area contributed by atoms with E-state index in [1.165, 1.54) is 4.31 Å². The molecule has 1 heterocycles. The fraction of sp³-hybridized carbons (Fsp3) is 0.591. The molecule has 1 aliphatic carbocycles. The standard InChI is InChI=1S/C22H35N7O2S/c1-5-24-21-26-20(27-22(28-21)25-6-2)19(23)16-9-11-17(12-10-16)29(4)32(30,31)18-13-7-15(3)8-14-18/h7-8,13-14,16-17,19H,5-6,9-12,23H2,1-4H3,(H2,24,25,26,27,28). The van der Waals surface area contributed by atoms with Crippen molar-refractivity contribution < 1.29 is 8.42 Å². The van der Waals surface area contributed by atoms with Crippen molar-refractivity contribution in [3.8, 4) is 0 Å². The average molecular weight is 462 g/mol. The van der Waals surface area contributed by atoms with Crippen LogP contribution in [-0.2, 0) is 10.0 Å². The molecule has 32 heavy (non-hydrogen) atoms. The molecule has 0 saturated heterocycles. The lowest BCUT2D eigenvalue weighted by Crippen LogP contribution is -2.40. The predicted octanol–water partition coefficient (Wildman–Crippen LogP) is 2.92. The first-order valence-corrected chi connectivity index (χ1v) is 12.7. The molecule has 9 nitrogen and oxygen atoms in total.